The van der Waals surface area contributed by atoms with Crippen molar-refractivity contribution >= 4 is 21.7 Å². The van der Waals surface area contributed by atoms with E-state index in [2.05, 4.69) is 4.72 Å². The minimum atomic E-state index is -3.89. The number of carboxylic acids is 1. The highest BCUT2D eigenvalue weighted by molar-refractivity contribution is 7.92. The van der Waals surface area contributed by atoms with Gasteiger partial charge in [0.15, 0.2) is 0 Å². The minimum absolute atomic E-state index is 0.0549. The first-order valence-electron chi connectivity index (χ1n) is 7.57. The highest BCUT2D eigenvalue weighted by Crippen LogP contribution is 2.32. The van der Waals surface area contributed by atoms with Crippen LogP contribution in [0.5, 0.6) is 5.75 Å². The summed E-state index contributed by atoms with van der Waals surface area (Å²) in [6.07, 6.45) is 0. The van der Waals surface area contributed by atoms with Crippen molar-refractivity contribution in [2.45, 2.75) is 31.1 Å². The fourth-order valence-electron chi connectivity index (χ4n) is 2.23. The minimum Gasteiger partial charge on any atom is -0.545 e. The molecule has 0 saturated heterocycles. The third-order valence-electron chi connectivity index (χ3n) is 3.71. The van der Waals surface area contributed by atoms with Crippen molar-refractivity contribution in [2.75, 3.05) is 11.8 Å². The first-order valence-corrected chi connectivity index (χ1v) is 9.05. The SMILES string of the molecule is COc1ccc(C(C)(C)C)cc1NS(=O)(=O)c1ccc(C(=O)[O-])cc1. The van der Waals surface area contributed by atoms with Crippen molar-refractivity contribution in [3.63, 3.8) is 0 Å². The molecule has 0 saturated carbocycles. The fourth-order valence-corrected chi connectivity index (χ4v) is 3.29. The molecule has 7 heteroatoms. The molecule has 25 heavy (non-hydrogen) atoms. The Hall–Kier alpha value is -2.54. The molecule has 134 valence electrons. The maximum absolute atomic E-state index is 12.6. The van der Waals surface area contributed by atoms with Crippen LogP contribution in [-0.4, -0.2) is 21.5 Å². The van der Waals surface area contributed by atoms with Gasteiger partial charge in [-0.1, -0.05) is 39.0 Å². The average molecular weight is 362 g/mol. The molecular formula is C18H20NO5S-. The van der Waals surface area contributed by atoms with Gasteiger partial charge in [-0.05, 0) is 40.8 Å². The van der Waals surface area contributed by atoms with Gasteiger partial charge in [0, 0.05) is 0 Å². The maximum Gasteiger partial charge on any atom is 0.262 e. The van der Waals surface area contributed by atoms with Crippen molar-refractivity contribution in [1.29, 1.82) is 0 Å². The second-order valence-electron chi connectivity index (χ2n) is 6.58. The number of carbonyl (C=O) groups is 1. The molecule has 0 aliphatic rings. The van der Waals surface area contributed by atoms with Gasteiger partial charge < -0.3 is 14.6 Å². The molecule has 0 atom stereocenters. The molecule has 2 aromatic carbocycles. The van der Waals surface area contributed by atoms with Crippen LogP contribution in [0.15, 0.2) is 47.4 Å². The molecule has 0 unspecified atom stereocenters. The van der Waals surface area contributed by atoms with Crippen molar-refractivity contribution in [3.05, 3.63) is 53.6 Å². The molecule has 2 rings (SSSR count). The number of ether oxygens (including phenoxy) is 1. The predicted molar refractivity (Wildman–Crippen MR) is 93.3 cm³/mol. The molecule has 0 fully saturated rings. The number of aromatic carboxylic acids is 1. The Morgan fingerprint density at radius 1 is 1.08 bits per heavy atom. The third kappa shape index (κ3) is 4.30. The van der Waals surface area contributed by atoms with Crippen LogP contribution >= 0.6 is 0 Å². The van der Waals surface area contributed by atoms with Gasteiger partial charge in [0.2, 0.25) is 0 Å². The molecular weight excluding hydrogens is 342 g/mol. The number of methoxy groups -OCH3 is 1. The molecule has 0 amide bonds. The van der Waals surface area contributed by atoms with Crippen LogP contribution in [0, 0.1) is 0 Å². The summed E-state index contributed by atoms with van der Waals surface area (Å²) < 4.78 is 32.9. The topological polar surface area (TPSA) is 95.5 Å². The van der Waals surface area contributed by atoms with Crippen molar-refractivity contribution in [3.8, 4) is 5.75 Å². The molecule has 2 aromatic rings. The maximum atomic E-state index is 12.6. The summed E-state index contributed by atoms with van der Waals surface area (Å²) in [4.78, 5) is 10.7. The Bertz CT molecular complexity index is 881. The van der Waals surface area contributed by atoms with Crippen LogP contribution in [0.25, 0.3) is 0 Å². The molecule has 0 heterocycles. The number of carbonyl (C=O) groups excluding carboxylic acids is 1. The second kappa shape index (κ2) is 6.76. The van der Waals surface area contributed by atoms with Crippen LogP contribution in [-0.2, 0) is 15.4 Å². The zero-order chi connectivity index (χ0) is 18.8. The summed E-state index contributed by atoms with van der Waals surface area (Å²) in [5.74, 6) is -0.973. The lowest BCUT2D eigenvalue weighted by Gasteiger charge is -2.21. The number of hydrogen-bond acceptors (Lipinski definition) is 5. The lowest BCUT2D eigenvalue weighted by atomic mass is 9.87. The van der Waals surface area contributed by atoms with E-state index in [1.54, 1.807) is 12.1 Å². The van der Waals surface area contributed by atoms with Crippen LogP contribution in [0.1, 0.15) is 36.7 Å². The van der Waals surface area contributed by atoms with Gasteiger partial charge in [0.1, 0.15) is 5.75 Å². The van der Waals surface area contributed by atoms with Crippen LogP contribution < -0.4 is 14.6 Å². The first kappa shape index (κ1) is 18.8. The summed E-state index contributed by atoms with van der Waals surface area (Å²) >= 11 is 0. The lowest BCUT2D eigenvalue weighted by Crippen LogP contribution is -2.22. The van der Waals surface area contributed by atoms with E-state index in [4.69, 9.17) is 4.74 Å². The monoisotopic (exact) mass is 362 g/mol. The third-order valence-corrected chi connectivity index (χ3v) is 5.09. The zero-order valence-electron chi connectivity index (χ0n) is 14.5. The number of benzene rings is 2. The van der Waals surface area contributed by atoms with Gasteiger partial charge in [-0.2, -0.15) is 0 Å². The number of nitrogens with one attached hydrogen (secondary N) is 1. The van der Waals surface area contributed by atoms with Crippen LogP contribution in [0.4, 0.5) is 5.69 Å². The zero-order valence-corrected chi connectivity index (χ0v) is 15.3. The van der Waals surface area contributed by atoms with Gasteiger partial charge in [0.25, 0.3) is 10.0 Å². The molecule has 0 spiro atoms. The summed E-state index contributed by atoms with van der Waals surface area (Å²) in [6, 6.07) is 10.1. The molecule has 6 nitrogen and oxygen atoms in total. The summed E-state index contributed by atoms with van der Waals surface area (Å²) in [5.41, 5.74) is 1.01. The highest BCUT2D eigenvalue weighted by atomic mass is 32.2. The molecule has 0 bridgehead atoms. The number of hydrogen-bond donors (Lipinski definition) is 1. The van der Waals surface area contributed by atoms with Crippen molar-refractivity contribution in [1.82, 2.24) is 0 Å². The van der Waals surface area contributed by atoms with E-state index in [-0.39, 0.29) is 15.9 Å². The lowest BCUT2D eigenvalue weighted by molar-refractivity contribution is -0.255. The summed E-state index contributed by atoms with van der Waals surface area (Å²) in [5, 5.41) is 10.8. The Labute approximate surface area is 147 Å². The molecule has 0 aliphatic heterocycles. The van der Waals surface area contributed by atoms with Gasteiger partial charge >= 0.3 is 0 Å². The van der Waals surface area contributed by atoms with Crippen LogP contribution in [0.2, 0.25) is 0 Å². The highest BCUT2D eigenvalue weighted by Gasteiger charge is 2.20. The number of carboxylic acid groups (broad SMARTS) is 1. The Morgan fingerprint density at radius 3 is 2.16 bits per heavy atom. The second-order valence-corrected chi connectivity index (χ2v) is 8.26. The normalized spacial score (nSPS) is 11.8. The number of sulfonamides is 1. The van der Waals surface area contributed by atoms with E-state index in [0.29, 0.717) is 11.4 Å². The van der Waals surface area contributed by atoms with Gasteiger partial charge in [-0.25, -0.2) is 8.42 Å². The largest absolute Gasteiger partial charge is 0.545 e. The molecule has 0 radical (unpaired) electrons. The number of rotatable bonds is 5. The Kier molecular flexibility index (Phi) is 5.08. The first-order chi connectivity index (χ1) is 11.5. The van der Waals surface area contributed by atoms with Gasteiger partial charge in [-0.15, -0.1) is 0 Å². The summed E-state index contributed by atoms with van der Waals surface area (Å²) in [7, 11) is -2.44. The predicted octanol–water partition coefficient (Wildman–Crippen LogP) is 2.16. The quantitative estimate of drug-likeness (QED) is 0.879. The Balaban J connectivity index is 2.41. The van der Waals surface area contributed by atoms with Crippen molar-refractivity contribution < 1.29 is 23.1 Å². The number of anilines is 1. The van der Waals surface area contributed by atoms with E-state index in [1.807, 2.05) is 26.8 Å². The van der Waals surface area contributed by atoms with Gasteiger partial charge in [0.05, 0.1) is 23.7 Å². The molecule has 0 aromatic heterocycles. The van der Waals surface area contributed by atoms with E-state index in [9.17, 15) is 18.3 Å². The average Bonchev–Trinajstić information content (AvgIpc) is 2.53. The van der Waals surface area contributed by atoms with E-state index >= 15 is 0 Å². The fraction of sp³-hybridized carbons (Fsp3) is 0.278. The van der Waals surface area contributed by atoms with E-state index in [1.165, 1.54) is 31.4 Å². The summed E-state index contributed by atoms with van der Waals surface area (Å²) in [6.45, 7) is 6.06. The van der Waals surface area contributed by atoms with Gasteiger partial charge in [-0.3, -0.25) is 4.72 Å². The molecule has 1 N–H and O–H groups in total. The van der Waals surface area contributed by atoms with E-state index in [0.717, 1.165) is 5.56 Å². The van der Waals surface area contributed by atoms with E-state index < -0.39 is 16.0 Å². The van der Waals surface area contributed by atoms with Crippen LogP contribution in [0.3, 0.4) is 0 Å². The Morgan fingerprint density at radius 2 is 1.68 bits per heavy atom. The standard InChI is InChI=1S/C18H21NO5S/c1-18(2,3)13-7-10-16(24-4)15(11-13)19-25(22,23)14-8-5-12(6-9-14)17(20)21/h5-11,19H,1-4H3,(H,20,21)/p-1. The molecule has 0 aliphatic carbocycles. The van der Waals surface area contributed by atoms with Crippen molar-refractivity contribution in [2.24, 2.45) is 0 Å². The smallest absolute Gasteiger partial charge is 0.262 e.